The second-order valence-electron chi connectivity index (χ2n) is 7.06. The fourth-order valence-electron chi connectivity index (χ4n) is 2.93. The summed E-state index contributed by atoms with van der Waals surface area (Å²) in [6.07, 6.45) is 2.06. The van der Waals surface area contributed by atoms with Crippen LogP contribution in [0, 0.1) is 5.92 Å². The smallest absolute Gasteiger partial charge is 0.258 e. The van der Waals surface area contributed by atoms with Gasteiger partial charge in [0.2, 0.25) is 5.91 Å². The normalized spacial score (nSPS) is 10.8. The van der Waals surface area contributed by atoms with Crippen molar-refractivity contribution in [2.24, 2.45) is 5.92 Å². The van der Waals surface area contributed by atoms with Gasteiger partial charge in [-0.25, -0.2) is 0 Å². The van der Waals surface area contributed by atoms with E-state index in [1.54, 1.807) is 12.1 Å². The van der Waals surface area contributed by atoms with Crippen LogP contribution in [0.25, 0.3) is 10.9 Å². The second-order valence-corrected chi connectivity index (χ2v) is 7.06. The minimum Gasteiger partial charge on any atom is -0.484 e. The molecule has 0 fully saturated rings. The zero-order chi connectivity index (χ0) is 19.9. The number of fused-ring (bicyclic) bond motifs is 1. The van der Waals surface area contributed by atoms with E-state index in [0.29, 0.717) is 17.4 Å². The molecule has 3 aromatic rings. The summed E-state index contributed by atoms with van der Waals surface area (Å²) in [6, 6.07) is 16.9. The molecular weight excluding hydrogens is 354 g/mol. The Hall–Kier alpha value is -3.28. The summed E-state index contributed by atoms with van der Waals surface area (Å²) in [4.78, 5) is 23.9. The molecule has 1 heterocycles. The number of rotatable bonds is 8. The van der Waals surface area contributed by atoms with Gasteiger partial charge in [0, 0.05) is 29.3 Å². The Bertz CT molecular complexity index is 948. The van der Waals surface area contributed by atoms with Crippen molar-refractivity contribution in [1.29, 1.82) is 0 Å². The molecule has 6 nitrogen and oxygen atoms in total. The van der Waals surface area contributed by atoms with E-state index in [-0.39, 0.29) is 25.0 Å². The number of nitrogens with zero attached hydrogens (tertiary/aromatic N) is 1. The molecule has 0 saturated heterocycles. The summed E-state index contributed by atoms with van der Waals surface area (Å²) >= 11 is 0. The van der Waals surface area contributed by atoms with Gasteiger partial charge in [0.05, 0.1) is 6.54 Å². The van der Waals surface area contributed by atoms with Crippen molar-refractivity contribution < 1.29 is 14.3 Å². The highest BCUT2D eigenvalue weighted by atomic mass is 16.5. The topological polar surface area (TPSA) is 72.4 Å². The molecule has 2 N–H and O–H groups in total. The van der Waals surface area contributed by atoms with Gasteiger partial charge in [-0.05, 0) is 42.3 Å². The molecule has 1 aromatic heterocycles. The van der Waals surface area contributed by atoms with Crippen LogP contribution in [-0.4, -0.2) is 29.5 Å². The number of benzene rings is 2. The summed E-state index contributed by atoms with van der Waals surface area (Å²) < 4.78 is 7.56. The van der Waals surface area contributed by atoms with E-state index >= 15 is 0 Å². The number of hydrogen-bond acceptors (Lipinski definition) is 3. The monoisotopic (exact) mass is 379 g/mol. The highest BCUT2D eigenvalue weighted by molar-refractivity contribution is 5.96. The summed E-state index contributed by atoms with van der Waals surface area (Å²) in [5, 5.41) is 6.43. The van der Waals surface area contributed by atoms with Crippen LogP contribution in [0.5, 0.6) is 5.75 Å². The van der Waals surface area contributed by atoms with Gasteiger partial charge in [-0.2, -0.15) is 0 Å². The standard InChI is InChI=1S/C22H25N3O3/c1-16(2)14-25-11-10-17-12-18(8-9-20(17)25)24-21(26)13-23-22(27)15-28-19-6-4-3-5-7-19/h3-12,16H,13-15H2,1-2H3,(H,23,27)(H,24,26). The van der Waals surface area contributed by atoms with Crippen molar-refractivity contribution in [3.05, 3.63) is 60.8 Å². The lowest BCUT2D eigenvalue weighted by molar-refractivity contribution is -0.125. The summed E-state index contributed by atoms with van der Waals surface area (Å²) in [5.74, 6) is 0.540. The molecule has 0 aliphatic carbocycles. The Morgan fingerprint density at radius 1 is 1.04 bits per heavy atom. The largest absolute Gasteiger partial charge is 0.484 e. The predicted molar refractivity (Wildman–Crippen MR) is 110 cm³/mol. The number of hydrogen-bond donors (Lipinski definition) is 2. The quantitative estimate of drug-likeness (QED) is 0.630. The maximum Gasteiger partial charge on any atom is 0.258 e. The number of carbonyl (C=O) groups excluding carboxylic acids is 2. The molecule has 0 atom stereocenters. The van der Waals surface area contributed by atoms with Gasteiger partial charge in [-0.15, -0.1) is 0 Å². The Labute approximate surface area is 164 Å². The Balaban J connectivity index is 1.48. The van der Waals surface area contributed by atoms with Crippen LogP contribution in [0.4, 0.5) is 5.69 Å². The van der Waals surface area contributed by atoms with Crippen LogP contribution in [0.2, 0.25) is 0 Å². The number of aromatic nitrogens is 1. The number of anilines is 1. The van der Waals surface area contributed by atoms with Crippen molar-refractivity contribution in [2.45, 2.75) is 20.4 Å². The highest BCUT2D eigenvalue weighted by Crippen LogP contribution is 2.21. The molecule has 6 heteroatoms. The van der Waals surface area contributed by atoms with Crippen LogP contribution >= 0.6 is 0 Å². The van der Waals surface area contributed by atoms with Gasteiger partial charge in [0.25, 0.3) is 5.91 Å². The molecule has 0 aliphatic rings. The zero-order valence-electron chi connectivity index (χ0n) is 16.1. The number of nitrogens with one attached hydrogen (secondary N) is 2. The van der Waals surface area contributed by atoms with Gasteiger partial charge >= 0.3 is 0 Å². The fourth-order valence-corrected chi connectivity index (χ4v) is 2.93. The van der Waals surface area contributed by atoms with E-state index in [4.69, 9.17) is 4.74 Å². The molecule has 2 amide bonds. The van der Waals surface area contributed by atoms with Crippen molar-refractivity contribution >= 4 is 28.4 Å². The van der Waals surface area contributed by atoms with E-state index in [2.05, 4.69) is 35.2 Å². The first-order valence-electron chi connectivity index (χ1n) is 9.34. The van der Waals surface area contributed by atoms with Crippen molar-refractivity contribution in [3.8, 4) is 5.75 Å². The lowest BCUT2D eigenvalue weighted by Gasteiger charge is -2.10. The third kappa shape index (κ3) is 5.36. The van der Waals surface area contributed by atoms with Crippen LogP contribution in [-0.2, 0) is 16.1 Å². The van der Waals surface area contributed by atoms with E-state index in [1.807, 2.05) is 42.5 Å². The first-order chi connectivity index (χ1) is 13.5. The lowest BCUT2D eigenvalue weighted by atomic mass is 10.2. The molecule has 146 valence electrons. The molecule has 28 heavy (non-hydrogen) atoms. The van der Waals surface area contributed by atoms with E-state index in [9.17, 15) is 9.59 Å². The lowest BCUT2D eigenvalue weighted by Crippen LogP contribution is -2.35. The average molecular weight is 379 g/mol. The van der Waals surface area contributed by atoms with Gasteiger partial charge in [0.15, 0.2) is 6.61 Å². The van der Waals surface area contributed by atoms with Crippen LogP contribution in [0.1, 0.15) is 13.8 Å². The molecule has 0 bridgehead atoms. The molecule has 0 spiro atoms. The third-order valence-electron chi connectivity index (χ3n) is 4.18. The predicted octanol–water partition coefficient (Wildman–Crippen LogP) is 3.43. The second kappa shape index (κ2) is 9.08. The van der Waals surface area contributed by atoms with Gasteiger partial charge in [-0.3, -0.25) is 9.59 Å². The first kappa shape index (κ1) is 19.5. The Morgan fingerprint density at radius 2 is 1.82 bits per heavy atom. The highest BCUT2D eigenvalue weighted by Gasteiger charge is 2.09. The van der Waals surface area contributed by atoms with E-state index in [0.717, 1.165) is 17.4 Å². The summed E-state index contributed by atoms with van der Waals surface area (Å²) in [6.45, 7) is 5.07. The number of ether oxygens (including phenoxy) is 1. The minimum atomic E-state index is -0.347. The summed E-state index contributed by atoms with van der Waals surface area (Å²) in [5.41, 5.74) is 1.84. The molecular formula is C22H25N3O3. The number of amides is 2. The number of carbonyl (C=O) groups is 2. The SMILES string of the molecule is CC(C)Cn1ccc2cc(NC(=O)CNC(=O)COc3ccccc3)ccc21. The zero-order valence-corrected chi connectivity index (χ0v) is 16.1. The third-order valence-corrected chi connectivity index (χ3v) is 4.18. The maximum absolute atomic E-state index is 12.1. The first-order valence-corrected chi connectivity index (χ1v) is 9.34. The molecule has 0 radical (unpaired) electrons. The minimum absolute atomic E-state index is 0.108. The fraction of sp³-hybridized carbons (Fsp3) is 0.273. The molecule has 3 rings (SSSR count). The van der Waals surface area contributed by atoms with Crippen LogP contribution in [0.15, 0.2) is 60.8 Å². The average Bonchev–Trinajstić information content (AvgIpc) is 3.07. The molecule has 2 aromatic carbocycles. The van der Waals surface area contributed by atoms with Gasteiger partial charge < -0.3 is 19.9 Å². The molecule has 0 aliphatic heterocycles. The Kier molecular flexibility index (Phi) is 6.32. The van der Waals surface area contributed by atoms with Gasteiger partial charge in [-0.1, -0.05) is 32.0 Å². The maximum atomic E-state index is 12.1. The molecule has 0 saturated carbocycles. The van der Waals surface area contributed by atoms with Gasteiger partial charge in [0.1, 0.15) is 5.75 Å². The van der Waals surface area contributed by atoms with Crippen molar-refractivity contribution in [1.82, 2.24) is 9.88 Å². The van der Waals surface area contributed by atoms with Crippen molar-refractivity contribution in [2.75, 3.05) is 18.5 Å². The van der Waals surface area contributed by atoms with Crippen LogP contribution in [0.3, 0.4) is 0 Å². The number of para-hydroxylation sites is 1. The van der Waals surface area contributed by atoms with E-state index in [1.165, 1.54) is 0 Å². The van der Waals surface area contributed by atoms with E-state index < -0.39 is 0 Å². The van der Waals surface area contributed by atoms with Crippen LogP contribution < -0.4 is 15.4 Å². The summed E-state index contributed by atoms with van der Waals surface area (Å²) in [7, 11) is 0. The Morgan fingerprint density at radius 3 is 2.57 bits per heavy atom. The molecule has 0 unspecified atom stereocenters. The van der Waals surface area contributed by atoms with Crippen molar-refractivity contribution in [3.63, 3.8) is 0 Å².